The van der Waals surface area contributed by atoms with Crippen molar-refractivity contribution in [2.75, 3.05) is 12.8 Å². The minimum atomic E-state index is -0.249. The highest BCUT2D eigenvalue weighted by atomic mass is 16.5. The summed E-state index contributed by atoms with van der Waals surface area (Å²) >= 11 is 0. The first-order valence-electron chi connectivity index (χ1n) is 7.41. The van der Waals surface area contributed by atoms with E-state index in [2.05, 4.69) is 5.32 Å². The standard InChI is InChI=1S/C16H22N2O4/c1-10(19)22-13-6-4-12(5-7-13)18-16(20)11-3-8-14(17)15(9-11)21-2/h3,8-9,12-13H,4-7,17H2,1-2H3,(H,18,20). The smallest absolute Gasteiger partial charge is 0.302 e. The Morgan fingerprint density at radius 3 is 2.50 bits per heavy atom. The van der Waals surface area contributed by atoms with Crippen molar-refractivity contribution in [1.82, 2.24) is 5.32 Å². The van der Waals surface area contributed by atoms with E-state index in [1.165, 1.54) is 14.0 Å². The van der Waals surface area contributed by atoms with Crippen molar-refractivity contribution >= 4 is 17.6 Å². The first kappa shape index (κ1) is 16.1. The lowest BCUT2D eigenvalue weighted by Gasteiger charge is -2.28. The van der Waals surface area contributed by atoms with Gasteiger partial charge in [-0.25, -0.2) is 0 Å². The van der Waals surface area contributed by atoms with E-state index >= 15 is 0 Å². The van der Waals surface area contributed by atoms with Gasteiger partial charge in [0.1, 0.15) is 11.9 Å². The summed E-state index contributed by atoms with van der Waals surface area (Å²) in [7, 11) is 1.52. The van der Waals surface area contributed by atoms with Crippen LogP contribution in [0.3, 0.4) is 0 Å². The molecular weight excluding hydrogens is 284 g/mol. The molecule has 3 N–H and O–H groups in total. The highest BCUT2D eigenvalue weighted by Gasteiger charge is 2.24. The number of hydrogen-bond acceptors (Lipinski definition) is 5. The van der Waals surface area contributed by atoms with Crippen LogP contribution in [0.2, 0.25) is 0 Å². The number of rotatable bonds is 4. The number of nitrogens with two attached hydrogens (primary N) is 1. The minimum absolute atomic E-state index is 0.0257. The number of nitrogens with one attached hydrogen (secondary N) is 1. The molecule has 2 rings (SSSR count). The average molecular weight is 306 g/mol. The molecule has 1 aliphatic rings. The van der Waals surface area contributed by atoms with Crippen LogP contribution in [0.1, 0.15) is 43.0 Å². The number of anilines is 1. The lowest BCUT2D eigenvalue weighted by Crippen LogP contribution is -2.39. The molecule has 1 aromatic carbocycles. The molecule has 1 saturated carbocycles. The van der Waals surface area contributed by atoms with Gasteiger partial charge in [0.2, 0.25) is 0 Å². The van der Waals surface area contributed by atoms with Gasteiger partial charge in [-0.3, -0.25) is 9.59 Å². The predicted octanol–water partition coefficient (Wildman–Crippen LogP) is 1.88. The molecule has 1 fully saturated rings. The van der Waals surface area contributed by atoms with E-state index in [1.54, 1.807) is 18.2 Å². The van der Waals surface area contributed by atoms with E-state index in [9.17, 15) is 9.59 Å². The molecule has 120 valence electrons. The topological polar surface area (TPSA) is 90.6 Å². The molecule has 0 unspecified atom stereocenters. The normalized spacial score (nSPS) is 21.0. The third kappa shape index (κ3) is 4.13. The monoisotopic (exact) mass is 306 g/mol. The van der Waals surface area contributed by atoms with Crippen molar-refractivity contribution in [3.8, 4) is 5.75 Å². The number of methoxy groups -OCH3 is 1. The number of benzene rings is 1. The van der Waals surface area contributed by atoms with Gasteiger partial charge in [-0.15, -0.1) is 0 Å². The summed E-state index contributed by atoms with van der Waals surface area (Å²) in [5.41, 5.74) is 6.76. The van der Waals surface area contributed by atoms with Crippen LogP contribution in [-0.4, -0.2) is 31.1 Å². The van der Waals surface area contributed by atoms with Crippen LogP contribution < -0.4 is 15.8 Å². The molecule has 0 saturated heterocycles. The summed E-state index contributed by atoms with van der Waals surface area (Å²) < 4.78 is 10.3. The zero-order valence-corrected chi connectivity index (χ0v) is 12.9. The van der Waals surface area contributed by atoms with E-state index in [-0.39, 0.29) is 24.0 Å². The van der Waals surface area contributed by atoms with Crippen LogP contribution in [0.4, 0.5) is 5.69 Å². The summed E-state index contributed by atoms with van der Waals surface area (Å²) in [6.45, 7) is 1.42. The van der Waals surface area contributed by atoms with Crippen molar-refractivity contribution in [3.63, 3.8) is 0 Å². The Hall–Kier alpha value is -2.24. The van der Waals surface area contributed by atoms with Crippen LogP contribution in [0.25, 0.3) is 0 Å². The number of carbonyl (C=O) groups excluding carboxylic acids is 2. The molecule has 6 heteroatoms. The number of esters is 1. The Morgan fingerprint density at radius 1 is 1.23 bits per heavy atom. The van der Waals surface area contributed by atoms with Gasteiger partial charge in [-0.05, 0) is 43.9 Å². The molecule has 0 atom stereocenters. The largest absolute Gasteiger partial charge is 0.495 e. The van der Waals surface area contributed by atoms with E-state index in [0.717, 1.165) is 25.7 Å². The summed E-state index contributed by atoms with van der Waals surface area (Å²) in [6.07, 6.45) is 3.12. The number of amides is 1. The Kier molecular flexibility index (Phi) is 5.25. The maximum Gasteiger partial charge on any atom is 0.302 e. The Morgan fingerprint density at radius 2 is 1.91 bits per heavy atom. The van der Waals surface area contributed by atoms with Gasteiger partial charge < -0.3 is 20.5 Å². The predicted molar refractivity (Wildman–Crippen MR) is 82.7 cm³/mol. The van der Waals surface area contributed by atoms with E-state index in [4.69, 9.17) is 15.2 Å². The number of ether oxygens (including phenoxy) is 2. The Labute approximate surface area is 130 Å². The van der Waals surface area contributed by atoms with Gasteiger partial charge in [0.15, 0.2) is 0 Å². The van der Waals surface area contributed by atoms with E-state index < -0.39 is 0 Å². The maximum absolute atomic E-state index is 12.3. The number of carbonyl (C=O) groups is 2. The van der Waals surface area contributed by atoms with Gasteiger partial charge in [0.25, 0.3) is 5.91 Å². The lowest BCUT2D eigenvalue weighted by molar-refractivity contribution is -0.147. The van der Waals surface area contributed by atoms with Gasteiger partial charge in [0, 0.05) is 18.5 Å². The second kappa shape index (κ2) is 7.15. The highest BCUT2D eigenvalue weighted by molar-refractivity contribution is 5.95. The van der Waals surface area contributed by atoms with E-state index in [0.29, 0.717) is 17.0 Å². The molecule has 0 aliphatic heterocycles. The summed E-state index contributed by atoms with van der Waals surface area (Å²) in [4.78, 5) is 23.2. The zero-order chi connectivity index (χ0) is 16.1. The molecule has 0 spiro atoms. The molecule has 1 amide bonds. The first-order chi connectivity index (χ1) is 10.5. The minimum Gasteiger partial charge on any atom is -0.495 e. The summed E-state index contributed by atoms with van der Waals surface area (Å²) in [5.74, 6) is 0.0990. The van der Waals surface area contributed by atoms with Gasteiger partial charge in [-0.1, -0.05) is 0 Å². The fourth-order valence-electron chi connectivity index (χ4n) is 2.68. The zero-order valence-electron chi connectivity index (χ0n) is 12.9. The number of hydrogen-bond donors (Lipinski definition) is 2. The SMILES string of the molecule is COc1cc(C(=O)NC2CCC(OC(C)=O)CC2)ccc1N. The highest BCUT2D eigenvalue weighted by Crippen LogP contribution is 2.24. The Bertz CT molecular complexity index is 551. The molecule has 0 heterocycles. The second-order valence-electron chi connectivity index (χ2n) is 5.51. The quantitative estimate of drug-likeness (QED) is 0.655. The van der Waals surface area contributed by atoms with Gasteiger partial charge in [0.05, 0.1) is 12.8 Å². The lowest BCUT2D eigenvalue weighted by atomic mass is 9.92. The summed E-state index contributed by atoms with van der Waals surface area (Å²) in [6, 6.07) is 5.07. The van der Waals surface area contributed by atoms with Crippen LogP contribution in [0.15, 0.2) is 18.2 Å². The third-order valence-corrected chi connectivity index (χ3v) is 3.84. The molecule has 0 radical (unpaired) electrons. The first-order valence-corrected chi connectivity index (χ1v) is 7.41. The van der Waals surface area contributed by atoms with Crippen molar-refractivity contribution in [2.45, 2.75) is 44.8 Å². The molecule has 22 heavy (non-hydrogen) atoms. The fourth-order valence-corrected chi connectivity index (χ4v) is 2.68. The molecular formula is C16H22N2O4. The van der Waals surface area contributed by atoms with Crippen molar-refractivity contribution in [2.24, 2.45) is 0 Å². The van der Waals surface area contributed by atoms with Crippen LogP contribution in [-0.2, 0) is 9.53 Å². The van der Waals surface area contributed by atoms with Gasteiger partial charge >= 0.3 is 5.97 Å². The fraction of sp³-hybridized carbons (Fsp3) is 0.500. The van der Waals surface area contributed by atoms with Crippen molar-refractivity contribution < 1.29 is 19.1 Å². The van der Waals surface area contributed by atoms with Crippen LogP contribution in [0.5, 0.6) is 5.75 Å². The van der Waals surface area contributed by atoms with Crippen molar-refractivity contribution in [3.05, 3.63) is 23.8 Å². The second-order valence-corrected chi connectivity index (χ2v) is 5.51. The van der Waals surface area contributed by atoms with E-state index in [1.807, 2.05) is 0 Å². The molecule has 0 aromatic heterocycles. The van der Waals surface area contributed by atoms with Crippen LogP contribution in [0, 0.1) is 0 Å². The van der Waals surface area contributed by atoms with Crippen molar-refractivity contribution in [1.29, 1.82) is 0 Å². The molecule has 1 aromatic rings. The average Bonchev–Trinajstić information content (AvgIpc) is 2.49. The van der Waals surface area contributed by atoms with Crippen LogP contribution >= 0.6 is 0 Å². The molecule has 6 nitrogen and oxygen atoms in total. The molecule has 1 aliphatic carbocycles. The number of nitrogen functional groups attached to an aromatic ring is 1. The van der Waals surface area contributed by atoms with Gasteiger partial charge in [-0.2, -0.15) is 0 Å². The third-order valence-electron chi connectivity index (χ3n) is 3.84. The maximum atomic E-state index is 12.3. The molecule has 0 bridgehead atoms. The Balaban J connectivity index is 1.89. The summed E-state index contributed by atoms with van der Waals surface area (Å²) in [5, 5.41) is 3.00.